The van der Waals surface area contributed by atoms with Crippen molar-refractivity contribution in [2.45, 2.75) is 166 Å². The average molecular weight is 913 g/mol. The Hall–Kier alpha value is -3.48. The van der Waals surface area contributed by atoms with Gasteiger partial charge in [0.1, 0.15) is 34.2 Å². The minimum atomic E-state index is -1.06. The van der Waals surface area contributed by atoms with Crippen LogP contribution in [0.1, 0.15) is 94.2 Å². The first kappa shape index (κ1) is 50.5. The molecule has 348 valence electrons. The highest BCUT2D eigenvalue weighted by Crippen LogP contribution is 2.45. The van der Waals surface area contributed by atoms with Crippen molar-refractivity contribution in [1.82, 2.24) is 10.2 Å². The van der Waals surface area contributed by atoms with Crippen LogP contribution in [-0.4, -0.2) is 114 Å². The van der Waals surface area contributed by atoms with Crippen molar-refractivity contribution in [1.29, 1.82) is 0 Å². The summed E-state index contributed by atoms with van der Waals surface area (Å²) >= 11 is 2.68. The quantitative estimate of drug-likeness (QED) is 0.195. The van der Waals surface area contributed by atoms with Gasteiger partial charge in [-0.25, -0.2) is 9.59 Å². The zero-order valence-electron chi connectivity index (χ0n) is 38.8. The van der Waals surface area contributed by atoms with Crippen LogP contribution in [0.4, 0.5) is 9.59 Å². The van der Waals surface area contributed by atoms with Gasteiger partial charge in [0.05, 0.1) is 48.8 Å². The Morgan fingerprint density at radius 3 is 1.60 bits per heavy atom. The fraction of sp³-hybridized carbons (Fsp3) is 0.617. The van der Waals surface area contributed by atoms with Gasteiger partial charge in [0.2, 0.25) is 0 Å². The highest BCUT2D eigenvalue weighted by Gasteiger charge is 2.54. The van der Waals surface area contributed by atoms with Crippen LogP contribution in [0.5, 0.6) is 0 Å². The summed E-state index contributed by atoms with van der Waals surface area (Å²) in [5.74, 6) is -0.215. The molecular weight excluding hydrogens is 845 g/mol. The summed E-state index contributed by atoms with van der Waals surface area (Å²) in [5, 5.41) is 25.1. The molecule has 3 N–H and O–H groups in total. The van der Waals surface area contributed by atoms with Gasteiger partial charge in [-0.15, -0.1) is 6.58 Å². The van der Waals surface area contributed by atoms with E-state index in [4.69, 9.17) is 33.4 Å². The van der Waals surface area contributed by atoms with Crippen LogP contribution in [0.25, 0.3) is 0 Å². The van der Waals surface area contributed by atoms with E-state index in [1.165, 1.54) is 28.4 Å². The van der Waals surface area contributed by atoms with Crippen molar-refractivity contribution in [3.8, 4) is 0 Å². The summed E-state index contributed by atoms with van der Waals surface area (Å²) in [6.45, 7) is 26.8. The molecule has 2 fully saturated rings. The van der Waals surface area contributed by atoms with E-state index in [1.54, 1.807) is 33.8 Å². The molecular formula is C47H68N4O10S2. The van der Waals surface area contributed by atoms with Crippen molar-refractivity contribution < 1.29 is 48.2 Å². The molecule has 2 saturated heterocycles. The lowest BCUT2D eigenvalue weighted by Crippen LogP contribution is -2.57. The molecule has 2 aromatic carbocycles. The standard InChI is InChI=1S/C25H36N2O5S.C22H32N2O5S/c1-8-14-27(23(28)32-24(3,4)5)22-26-18-19(30-15-17-12-10-9-11-13-17)16(2)20(25(6,7)29)31-21(18)33-22;1-13-16(27-12-14-10-8-7-9-11-14)15-18(28-17(13)22(5,6)26)30-19(23-15)24-20(25)29-21(2,3)4/h8-13,16,18-21,29H,1,14-15H2,2-7H3;7-11,13,15-18,26H,12H2,1-6H3,(H,23,24,25)/t16-,18+,19-,20-,21+;13-,15+,16-,17-,18+/m00/s1. The maximum absolute atomic E-state index is 12.9. The normalized spacial score (nSPS) is 28.3. The van der Waals surface area contributed by atoms with Gasteiger partial charge >= 0.3 is 12.2 Å². The van der Waals surface area contributed by atoms with Gasteiger partial charge in [0, 0.05) is 18.4 Å². The lowest BCUT2D eigenvalue weighted by Gasteiger charge is -2.45. The molecule has 10 atom stereocenters. The number of aliphatic imine (C=N–C) groups is 2. The second-order valence-corrected chi connectivity index (χ2v) is 21.6. The number of nitrogens with zero attached hydrogens (tertiary/aromatic N) is 3. The van der Waals surface area contributed by atoms with E-state index in [-0.39, 0.29) is 53.5 Å². The number of hydrogen-bond acceptors (Lipinski definition) is 14. The minimum Gasteiger partial charge on any atom is -0.444 e. The molecule has 4 aliphatic heterocycles. The number of ether oxygens (including phenoxy) is 6. The number of hydrogen-bond donors (Lipinski definition) is 3. The molecule has 0 bridgehead atoms. The summed E-state index contributed by atoms with van der Waals surface area (Å²) < 4.78 is 36.1. The van der Waals surface area contributed by atoms with Gasteiger partial charge in [-0.1, -0.05) is 104 Å². The van der Waals surface area contributed by atoms with Crippen LogP contribution in [0.2, 0.25) is 0 Å². The number of thioether (sulfide) groups is 2. The van der Waals surface area contributed by atoms with E-state index in [1.807, 2.05) is 116 Å². The van der Waals surface area contributed by atoms with E-state index in [2.05, 4.69) is 16.9 Å². The van der Waals surface area contributed by atoms with Gasteiger partial charge in [-0.2, -0.15) is 0 Å². The molecule has 63 heavy (non-hydrogen) atoms. The number of fused-ring (bicyclic) bond motifs is 2. The number of aliphatic hydroxyl groups is 2. The third-order valence-corrected chi connectivity index (χ3v) is 12.7. The molecule has 2 amide bonds. The molecule has 16 heteroatoms. The maximum atomic E-state index is 12.9. The van der Waals surface area contributed by atoms with Crippen molar-refractivity contribution in [3.05, 3.63) is 84.4 Å². The predicted octanol–water partition coefficient (Wildman–Crippen LogP) is 8.30. The zero-order valence-corrected chi connectivity index (χ0v) is 40.4. The average Bonchev–Trinajstić information content (AvgIpc) is 3.78. The van der Waals surface area contributed by atoms with Crippen LogP contribution in [-0.2, 0) is 41.6 Å². The van der Waals surface area contributed by atoms with E-state index < -0.39 is 46.8 Å². The Bertz CT molecular complexity index is 1910. The molecule has 4 aliphatic rings. The highest BCUT2D eigenvalue weighted by molar-refractivity contribution is 8.14. The van der Waals surface area contributed by atoms with Crippen molar-refractivity contribution in [3.63, 3.8) is 0 Å². The SMILES string of the molecule is C=CCN(C(=O)OC(C)(C)C)C1=N[C@@H]2[C@@H](OCc3ccccc3)[C@H](C)[C@@H](C(C)(C)O)O[C@@H]2S1.C[C@H]1[C@H](OCc2ccccc2)[C@H]2N=C(NC(=O)OC(C)(C)C)S[C@H]2O[C@@H]1C(C)(C)O. The second-order valence-electron chi connectivity index (χ2n) is 19.5. The number of rotatable bonds is 10. The Labute approximate surface area is 381 Å². The van der Waals surface area contributed by atoms with Crippen LogP contribution >= 0.6 is 23.5 Å². The molecule has 0 saturated carbocycles. The lowest BCUT2D eigenvalue weighted by molar-refractivity contribution is -0.192. The number of amidine groups is 2. The first-order valence-corrected chi connectivity index (χ1v) is 23.3. The van der Waals surface area contributed by atoms with Gasteiger partial charge in [0.15, 0.2) is 10.3 Å². The first-order valence-electron chi connectivity index (χ1n) is 21.5. The molecule has 2 aromatic rings. The van der Waals surface area contributed by atoms with Crippen LogP contribution in [0.15, 0.2) is 83.3 Å². The zero-order chi connectivity index (χ0) is 46.5. The number of nitrogens with one attached hydrogen (secondary N) is 1. The largest absolute Gasteiger partial charge is 0.444 e. The van der Waals surface area contributed by atoms with Gasteiger partial charge in [0.25, 0.3) is 0 Å². The summed E-state index contributed by atoms with van der Waals surface area (Å²) in [5.41, 5.74) is -1.95. The fourth-order valence-corrected chi connectivity index (χ4v) is 10.2. The summed E-state index contributed by atoms with van der Waals surface area (Å²) in [7, 11) is 0. The van der Waals surface area contributed by atoms with Crippen LogP contribution < -0.4 is 5.32 Å². The van der Waals surface area contributed by atoms with E-state index in [9.17, 15) is 19.8 Å². The van der Waals surface area contributed by atoms with Crippen LogP contribution in [0, 0.1) is 11.8 Å². The van der Waals surface area contributed by atoms with Gasteiger partial charge in [-0.3, -0.25) is 20.2 Å². The monoisotopic (exact) mass is 912 g/mol. The predicted molar refractivity (Wildman–Crippen MR) is 248 cm³/mol. The lowest BCUT2D eigenvalue weighted by atomic mass is 9.82. The van der Waals surface area contributed by atoms with Crippen LogP contribution in [0.3, 0.4) is 0 Å². The van der Waals surface area contributed by atoms with Crippen molar-refractivity contribution >= 4 is 46.0 Å². The molecule has 0 radical (unpaired) electrons. The molecule has 0 aromatic heterocycles. The number of alkyl carbamates (subject to hydrolysis) is 1. The number of benzene rings is 2. The van der Waals surface area contributed by atoms with E-state index >= 15 is 0 Å². The third kappa shape index (κ3) is 14.0. The molecule has 4 heterocycles. The topological polar surface area (TPSA) is 170 Å². The Kier molecular flexibility index (Phi) is 16.7. The third-order valence-electron chi connectivity index (χ3n) is 10.5. The van der Waals surface area contributed by atoms with Gasteiger partial charge < -0.3 is 38.6 Å². The highest BCUT2D eigenvalue weighted by atomic mass is 32.2. The summed E-state index contributed by atoms with van der Waals surface area (Å²) in [6.07, 6.45) is -0.844. The Balaban J connectivity index is 0.000000239. The number of carbonyl (C=O) groups excluding carboxylic acids is 2. The minimum absolute atomic E-state index is 0.0970. The van der Waals surface area contributed by atoms with Crippen molar-refractivity contribution in [2.75, 3.05) is 6.54 Å². The van der Waals surface area contributed by atoms with Crippen molar-refractivity contribution in [2.24, 2.45) is 21.8 Å². The smallest absolute Gasteiger partial charge is 0.416 e. The Morgan fingerprint density at radius 2 is 1.17 bits per heavy atom. The molecule has 0 unspecified atom stereocenters. The first-order chi connectivity index (χ1) is 29.3. The molecule has 0 spiro atoms. The number of amides is 2. The molecule has 0 aliphatic carbocycles. The summed E-state index contributed by atoms with van der Waals surface area (Å²) in [6, 6.07) is 19.3. The van der Waals surface area contributed by atoms with E-state index in [0.29, 0.717) is 23.5 Å². The fourth-order valence-electron chi connectivity index (χ4n) is 7.89. The van der Waals surface area contributed by atoms with E-state index in [0.717, 1.165) is 11.1 Å². The Morgan fingerprint density at radius 1 is 0.730 bits per heavy atom. The molecule has 14 nitrogen and oxygen atoms in total. The maximum Gasteiger partial charge on any atom is 0.416 e. The number of carbonyl (C=O) groups is 2. The summed E-state index contributed by atoms with van der Waals surface area (Å²) in [4.78, 5) is 36.0. The second kappa shape index (κ2) is 20.8. The van der Waals surface area contributed by atoms with Gasteiger partial charge in [-0.05, 0) is 80.4 Å². The molecule has 6 rings (SSSR count).